The van der Waals surface area contributed by atoms with Gasteiger partial charge in [0.15, 0.2) is 0 Å². The maximum Gasteiger partial charge on any atom is 0.219 e. The lowest BCUT2D eigenvalue weighted by Crippen LogP contribution is -2.17. The Morgan fingerprint density at radius 1 is 1.28 bits per heavy atom. The number of nitrogens with zero attached hydrogens (tertiary/aromatic N) is 1. The Balaban J connectivity index is 2.65. The van der Waals surface area contributed by atoms with Crippen LogP contribution in [-0.2, 0) is 5.41 Å². The molecule has 0 aliphatic carbocycles. The monoisotopic (exact) mass is 246 g/mol. The lowest BCUT2D eigenvalue weighted by Gasteiger charge is -2.23. The molecule has 1 N–H and O–H groups in total. The molecule has 0 fully saturated rings. The van der Waals surface area contributed by atoms with Gasteiger partial charge >= 0.3 is 0 Å². The molecule has 3 nitrogen and oxygen atoms in total. The molecule has 18 heavy (non-hydrogen) atoms. The van der Waals surface area contributed by atoms with Crippen molar-refractivity contribution in [2.75, 3.05) is 0 Å². The molecule has 0 bridgehead atoms. The van der Waals surface area contributed by atoms with Crippen LogP contribution in [-0.4, -0.2) is 16.1 Å². The molecule has 0 radical (unpaired) electrons. The number of aryl methyl sites for hydroxylation is 1. The standard InChI is InChI=1S/C15H22N2O/c1-9(2)18-14-12(15(4,5)6)7-11-10(3)8-16-13(11)17-14/h7-9H,1-6H3,(H,16,17). The number of aromatic nitrogens is 2. The van der Waals surface area contributed by atoms with Gasteiger partial charge in [0.1, 0.15) is 5.65 Å². The van der Waals surface area contributed by atoms with Gasteiger partial charge in [-0.05, 0) is 37.8 Å². The predicted molar refractivity (Wildman–Crippen MR) is 75.3 cm³/mol. The number of rotatable bonds is 2. The van der Waals surface area contributed by atoms with Crippen LogP contribution in [0.25, 0.3) is 11.0 Å². The lowest BCUT2D eigenvalue weighted by atomic mass is 9.87. The van der Waals surface area contributed by atoms with Gasteiger partial charge in [0, 0.05) is 17.1 Å². The van der Waals surface area contributed by atoms with Gasteiger partial charge in [0.2, 0.25) is 5.88 Å². The van der Waals surface area contributed by atoms with E-state index in [1.165, 1.54) is 10.9 Å². The Bertz CT molecular complexity index is 562. The number of nitrogens with one attached hydrogen (secondary N) is 1. The average molecular weight is 246 g/mol. The van der Waals surface area contributed by atoms with Gasteiger partial charge in [-0.3, -0.25) is 0 Å². The van der Waals surface area contributed by atoms with E-state index in [1.54, 1.807) is 0 Å². The van der Waals surface area contributed by atoms with Crippen molar-refractivity contribution in [3.05, 3.63) is 23.4 Å². The van der Waals surface area contributed by atoms with E-state index in [0.717, 1.165) is 17.1 Å². The second-order valence-corrected chi connectivity index (χ2v) is 6.13. The van der Waals surface area contributed by atoms with Gasteiger partial charge in [0.25, 0.3) is 0 Å². The van der Waals surface area contributed by atoms with Crippen molar-refractivity contribution in [3.8, 4) is 5.88 Å². The van der Waals surface area contributed by atoms with Crippen LogP contribution in [0.3, 0.4) is 0 Å². The quantitative estimate of drug-likeness (QED) is 0.871. The Morgan fingerprint density at radius 2 is 1.94 bits per heavy atom. The molecule has 2 heterocycles. The van der Waals surface area contributed by atoms with E-state index in [9.17, 15) is 0 Å². The fourth-order valence-electron chi connectivity index (χ4n) is 2.01. The minimum atomic E-state index is 0.0229. The summed E-state index contributed by atoms with van der Waals surface area (Å²) in [6.07, 6.45) is 2.12. The van der Waals surface area contributed by atoms with E-state index < -0.39 is 0 Å². The summed E-state index contributed by atoms with van der Waals surface area (Å²) in [5.41, 5.74) is 3.30. The zero-order valence-electron chi connectivity index (χ0n) is 12.1. The first kappa shape index (κ1) is 12.9. The SMILES string of the molecule is Cc1c[nH]c2nc(OC(C)C)c(C(C)(C)C)cc12. The minimum Gasteiger partial charge on any atom is -0.475 e. The molecule has 0 atom stereocenters. The van der Waals surface area contributed by atoms with E-state index >= 15 is 0 Å². The van der Waals surface area contributed by atoms with E-state index in [4.69, 9.17) is 4.74 Å². The molecule has 0 aromatic carbocycles. The minimum absolute atomic E-state index is 0.0229. The summed E-state index contributed by atoms with van der Waals surface area (Å²) in [5.74, 6) is 0.742. The smallest absolute Gasteiger partial charge is 0.219 e. The normalized spacial score (nSPS) is 12.4. The molecular weight excluding hydrogens is 224 g/mol. The fourth-order valence-corrected chi connectivity index (χ4v) is 2.01. The molecule has 0 unspecified atom stereocenters. The van der Waals surface area contributed by atoms with E-state index in [0.29, 0.717) is 0 Å². The molecule has 0 saturated heterocycles. The Morgan fingerprint density at radius 3 is 2.50 bits per heavy atom. The Hall–Kier alpha value is -1.51. The summed E-state index contributed by atoms with van der Waals surface area (Å²) in [5, 5.41) is 1.18. The highest BCUT2D eigenvalue weighted by Crippen LogP contribution is 2.33. The maximum atomic E-state index is 5.86. The number of hydrogen-bond donors (Lipinski definition) is 1. The molecule has 0 aliphatic rings. The van der Waals surface area contributed by atoms with Crippen LogP contribution in [0.4, 0.5) is 0 Å². The molecule has 0 saturated carbocycles. The van der Waals surface area contributed by atoms with Crippen LogP contribution in [0.15, 0.2) is 12.3 Å². The van der Waals surface area contributed by atoms with Crippen LogP contribution in [0.5, 0.6) is 5.88 Å². The molecule has 2 aromatic rings. The summed E-state index contributed by atoms with van der Waals surface area (Å²) in [7, 11) is 0. The van der Waals surface area contributed by atoms with Gasteiger partial charge in [-0.1, -0.05) is 20.8 Å². The van der Waals surface area contributed by atoms with Gasteiger partial charge in [0.05, 0.1) is 6.10 Å². The third-order valence-corrected chi connectivity index (χ3v) is 2.99. The molecule has 3 heteroatoms. The van der Waals surface area contributed by atoms with Gasteiger partial charge < -0.3 is 9.72 Å². The second kappa shape index (κ2) is 4.30. The number of pyridine rings is 1. The largest absolute Gasteiger partial charge is 0.475 e. The summed E-state index contributed by atoms with van der Waals surface area (Å²) < 4.78 is 5.86. The number of fused-ring (bicyclic) bond motifs is 1. The predicted octanol–water partition coefficient (Wildman–Crippen LogP) is 3.96. The Labute approximate surface area is 109 Å². The number of ether oxygens (including phenoxy) is 1. The van der Waals surface area contributed by atoms with Crippen LogP contribution < -0.4 is 4.74 Å². The van der Waals surface area contributed by atoms with Crippen molar-refractivity contribution in [1.29, 1.82) is 0 Å². The number of hydrogen-bond acceptors (Lipinski definition) is 2. The molecule has 0 aliphatic heterocycles. The van der Waals surface area contributed by atoms with E-state index in [2.05, 4.69) is 43.7 Å². The third kappa shape index (κ3) is 2.35. The average Bonchev–Trinajstić information content (AvgIpc) is 2.56. The lowest BCUT2D eigenvalue weighted by molar-refractivity contribution is 0.227. The van der Waals surface area contributed by atoms with Crippen molar-refractivity contribution in [3.63, 3.8) is 0 Å². The van der Waals surface area contributed by atoms with Gasteiger partial charge in [-0.2, -0.15) is 4.98 Å². The van der Waals surface area contributed by atoms with E-state index in [-0.39, 0.29) is 11.5 Å². The number of H-pyrrole nitrogens is 1. The van der Waals surface area contributed by atoms with Crippen molar-refractivity contribution < 1.29 is 4.74 Å². The number of aromatic amines is 1. The van der Waals surface area contributed by atoms with Crippen molar-refractivity contribution in [1.82, 2.24) is 9.97 Å². The first-order valence-corrected chi connectivity index (χ1v) is 6.45. The Kier molecular flexibility index (Phi) is 3.09. The summed E-state index contributed by atoms with van der Waals surface area (Å²) in [6, 6.07) is 2.20. The highest BCUT2D eigenvalue weighted by molar-refractivity contribution is 5.81. The topological polar surface area (TPSA) is 37.9 Å². The second-order valence-electron chi connectivity index (χ2n) is 6.13. The summed E-state index contributed by atoms with van der Waals surface area (Å²) in [6.45, 7) is 12.7. The molecule has 2 aromatic heterocycles. The fraction of sp³-hybridized carbons (Fsp3) is 0.533. The first-order valence-electron chi connectivity index (χ1n) is 6.45. The third-order valence-electron chi connectivity index (χ3n) is 2.99. The van der Waals surface area contributed by atoms with Crippen molar-refractivity contribution in [2.24, 2.45) is 0 Å². The zero-order chi connectivity index (χ0) is 13.5. The van der Waals surface area contributed by atoms with Crippen LogP contribution in [0.2, 0.25) is 0 Å². The maximum absolute atomic E-state index is 5.86. The summed E-state index contributed by atoms with van der Waals surface area (Å²) in [4.78, 5) is 7.81. The first-order chi connectivity index (χ1) is 8.29. The van der Waals surface area contributed by atoms with Crippen LogP contribution in [0, 0.1) is 6.92 Å². The van der Waals surface area contributed by atoms with Gasteiger partial charge in [-0.15, -0.1) is 0 Å². The van der Waals surface area contributed by atoms with Crippen molar-refractivity contribution >= 4 is 11.0 Å². The van der Waals surface area contributed by atoms with Crippen LogP contribution in [0.1, 0.15) is 45.7 Å². The molecular formula is C15H22N2O. The highest BCUT2D eigenvalue weighted by Gasteiger charge is 2.22. The molecule has 0 amide bonds. The highest BCUT2D eigenvalue weighted by atomic mass is 16.5. The molecule has 2 rings (SSSR count). The molecule has 0 spiro atoms. The van der Waals surface area contributed by atoms with Crippen LogP contribution >= 0.6 is 0 Å². The van der Waals surface area contributed by atoms with Gasteiger partial charge in [-0.25, -0.2) is 0 Å². The summed E-state index contributed by atoms with van der Waals surface area (Å²) >= 11 is 0. The zero-order valence-corrected chi connectivity index (χ0v) is 12.1. The van der Waals surface area contributed by atoms with Crippen molar-refractivity contribution in [2.45, 2.75) is 53.1 Å². The molecule has 98 valence electrons. The van der Waals surface area contributed by atoms with E-state index in [1.807, 2.05) is 20.0 Å².